The van der Waals surface area contributed by atoms with E-state index in [-0.39, 0.29) is 5.97 Å². The molecule has 0 amide bonds. The third-order valence-corrected chi connectivity index (χ3v) is 3.85. The molecule has 1 aliphatic heterocycles. The monoisotopic (exact) mass is 259 g/mol. The third kappa shape index (κ3) is 2.30. The molecule has 0 spiro atoms. The number of carbonyl (C=O) groups is 1. The van der Waals surface area contributed by atoms with Crippen molar-refractivity contribution in [3.8, 4) is 0 Å². The number of fused-ring (bicyclic) bond motifs is 1. The van der Waals surface area contributed by atoms with Crippen LogP contribution in [-0.4, -0.2) is 5.97 Å². The van der Waals surface area contributed by atoms with Crippen LogP contribution in [-0.2, 0) is 24.4 Å². The van der Waals surface area contributed by atoms with Crippen molar-refractivity contribution in [1.82, 2.24) is 5.32 Å². The molecule has 0 bridgehead atoms. The van der Waals surface area contributed by atoms with Gasteiger partial charge in [0.15, 0.2) is 0 Å². The van der Waals surface area contributed by atoms with E-state index in [0.29, 0.717) is 12.2 Å². The van der Waals surface area contributed by atoms with Crippen LogP contribution in [0.1, 0.15) is 26.4 Å². The van der Waals surface area contributed by atoms with Crippen LogP contribution in [0, 0.1) is 0 Å². The number of benzene rings is 1. The quantitative estimate of drug-likeness (QED) is 0.861. The van der Waals surface area contributed by atoms with Gasteiger partial charge in [-0.1, -0.05) is 12.1 Å². The summed E-state index contributed by atoms with van der Waals surface area (Å²) in [6, 6.07) is 9.67. The van der Waals surface area contributed by atoms with Crippen LogP contribution in [0.2, 0.25) is 0 Å². The minimum Gasteiger partial charge on any atom is -0.456 e. The highest BCUT2D eigenvalue weighted by molar-refractivity contribution is 7.09. The predicted molar refractivity (Wildman–Crippen MR) is 70.4 cm³/mol. The summed E-state index contributed by atoms with van der Waals surface area (Å²) in [6.07, 6.45) is 0. The number of hydrogen-bond donors (Lipinski definition) is 1. The summed E-state index contributed by atoms with van der Waals surface area (Å²) in [6.45, 7) is 2.08. The lowest BCUT2D eigenvalue weighted by atomic mass is 10.1. The summed E-state index contributed by atoms with van der Waals surface area (Å²) in [4.78, 5) is 13.0. The molecule has 0 saturated carbocycles. The number of ether oxygens (including phenoxy) is 1. The highest BCUT2D eigenvalue weighted by atomic mass is 32.1. The van der Waals surface area contributed by atoms with E-state index in [1.807, 2.05) is 35.7 Å². The van der Waals surface area contributed by atoms with Crippen molar-refractivity contribution in [1.29, 1.82) is 0 Å². The molecule has 0 fully saturated rings. The van der Waals surface area contributed by atoms with Gasteiger partial charge >= 0.3 is 5.97 Å². The molecule has 1 aromatic carbocycles. The van der Waals surface area contributed by atoms with Gasteiger partial charge in [0, 0.05) is 18.0 Å². The molecule has 18 heavy (non-hydrogen) atoms. The third-order valence-electron chi connectivity index (χ3n) is 3.00. The molecule has 4 heteroatoms. The van der Waals surface area contributed by atoms with Gasteiger partial charge in [0.25, 0.3) is 0 Å². The van der Waals surface area contributed by atoms with E-state index in [1.54, 1.807) is 11.3 Å². The van der Waals surface area contributed by atoms with Crippen LogP contribution in [0.5, 0.6) is 0 Å². The Morgan fingerprint density at radius 3 is 3.00 bits per heavy atom. The summed E-state index contributed by atoms with van der Waals surface area (Å²) >= 11 is 1.59. The second-order valence-electron chi connectivity index (χ2n) is 4.24. The van der Waals surface area contributed by atoms with E-state index in [1.165, 1.54) is 11.1 Å². The molecule has 0 radical (unpaired) electrons. The minimum atomic E-state index is -0.252. The Labute approximate surface area is 109 Å². The molecule has 1 aliphatic rings. The van der Waals surface area contributed by atoms with Gasteiger partial charge in [0.2, 0.25) is 0 Å². The maximum Gasteiger partial charge on any atom is 0.338 e. The Hall–Kier alpha value is -1.65. The van der Waals surface area contributed by atoms with Crippen LogP contribution >= 0.6 is 11.3 Å². The van der Waals surface area contributed by atoms with Crippen LogP contribution < -0.4 is 5.32 Å². The highest BCUT2D eigenvalue weighted by Crippen LogP contribution is 2.18. The Bertz CT molecular complexity index is 563. The van der Waals surface area contributed by atoms with Crippen molar-refractivity contribution in [3.63, 3.8) is 0 Å². The summed E-state index contributed by atoms with van der Waals surface area (Å²) in [7, 11) is 0. The molecule has 2 heterocycles. The second kappa shape index (κ2) is 4.92. The molecule has 92 valence electrons. The Morgan fingerprint density at radius 1 is 1.28 bits per heavy atom. The van der Waals surface area contributed by atoms with Gasteiger partial charge in [-0.25, -0.2) is 4.79 Å². The normalized spacial score (nSPS) is 13.3. The van der Waals surface area contributed by atoms with Crippen molar-refractivity contribution in [2.45, 2.75) is 19.7 Å². The number of nitrogens with one attached hydrogen (secondary N) is 1. The maximum atomic E-state index is 11.9. The Morgan fingerprint density at radius 2 is 2.17 bits per heavy atom. The van der Waals surface area contributed by atoms with Crippen molar-refractivity contribution in [2.24, 2.45) is 0 Å². The number of esters is 1. The zero-order chi connectivity index (χ0) is 12.4. The first-order chi connectivity index (χ1) is 8.83. The maximum absolute atomic E-state index is 11.9. The van der Waals surface area contributed by atoms with E-state index in [2.05, 4.69) is 5.32 Å². The summed E-state index contributed by atoms with van der Waals surface area (Å²) in [5.74, 6) is -0.252. The molecule has 1 aromatic heterocycles. The fourth-order valence-electron chi connectivity index (χ4n) is 2.04. The first kappa shape index (κ1) is 11.4. The van der Waals surface area contributed by atoms with Crippen LogP contribution in [0.3, 0.4) is 0 Å². The van der Waals surface area contributed by atoms with E-state index in [9.17, 15) is 4.79 Å². The zero-order valence-corrected chi connectivity index (χ0v) is 10.6. The molecule has 0 saturated heterocycles. The molecule has 2 aromatic rings. The first-order valence-electron chi connectivity index (χ1n) is 5.85. The van der Waals surface area contributed by atoms with Crippen molar-refractivity contribution >= 4 is 17.3 Å². The summed E-state index contributed by atoms with van der Waals surface area (Å²) in [5, 5.41) is 5.23. The Balaban J connectivity index is 1.69. The van der Waals surface area contributed by atoms with E-state index in [0.717, 1.165) is 18.0 Å². The lowest BCUT2D eigenvalue weighted by Crippen LogP contribution is -2.05. The lowest BCUT2D eigenvalue weighted by molar-refractivity contribution is 0.0476. The van der Waals surface area contributed by atoms with Crippen LogP contribution in [0.4, 0.5) is 0 Å². The van der Waals surface area contributed by atoms with Gasteiger partial charge < -0.3 is 10.1 Å². The molecule has 0 unspecified atom stereocenters. The SMILES string of the molecule is O=C(OCc1cccs1)c1ccc2c(c1)CNC2. The standard InChI is InChI=1S/C14H13NO2S/c16-14(17-9-13-2-1-5-18-13)10-3-4-11-7-15-8-12(11)6-10/h1-6,15H,7-9H2. The molecule has 3 rings (SSSR count). The second-order valence-corrected chi connectivity index (χ2v) is 5.27. The lowest BCUT2D eigenvalue weighted by Gasteiger charge is -2.05. The van der Waals surface area contributed by atoms with Gasteiger partial charge in [-0.3, -0.25) is 0 Å². The molecule has 3 nitrogen and oxygen atoms in total. The van der Waals surface area contributed by atoms with E-state index >= 15 is 0 Å². The zero-order valence-electron chi connectivity index (χ0n) is 9.81. The van der Waals surface area contributed by atoms with Crippen LogP contribution in [0.25, 0.3) is 0 Å². The Kier molecular flexibility index (Phi) is 3.13. The smallest absolute Gasteiger partial charge is 0.338 e. The number of rotatable bonds is 3. The van der Waals surface area contributed by atoms with Gasteiger partial charge in [-0.05, 0) is 34.7 Å². The number of thiophene rings is 1. The van der Waals surface area contributed by atoms with Gasteiger partial charge in [0.1, 0.15) is 6.61 Å². The fraction of sp³-hybridized carbons (Fsp3) is 0.214. The minimum absolute atomic E-state index is 0.252. The average Bonchev–Trinajstić information content (AvgIpc) is 3.05. The van der Waals surface area contributed by atoms with E-state index in [4.69, 9.17) is 4.74 Å². The van der Waals surface area contributed by atoms with Gasteiger partial charge in [-0.15, -0.1) is 11.3 Å². The predicted octanol–water partition coefficient (Wildman–Crippen LogP) is 2.71. The summed E-state index contributed by atoms with van der Waals surface area (Å²) < 4.78 is 5.28. The molecular formula is C14H13NO2S. The van der Waals surface area contributed by atoms with Gasteiger partial charge in [-0.2, -0.15) is 0 Å². The molecular weight excluding hydrogens is 246 g/mol. The number of carbonyl (C=O) groups excluding carboxylic acids is 1. The molecule has 0 aliphatic carbocycles. The van der Waals surface area contributed by atoms with Crippen molar-refractivity contribution in [3.05, 3.63) is 57.3 Å². The van der Waals surface area contributed by atoms with Gasteiger partial charge in [0.05, 0.1) is 5.56 Å². The topological polar surface area (TPSA) is 38.3 Å². The van der Waals surface area contributed by atoms with Crippen molar-refractivity contribution in [2.75, 3.05) is 0 Å². The molecule has 1 N–H and O–H groups in total. The first-order valence-corrected chi connectivity index (χ1v) is 6.73. The van der Waals surface area contributed by atoms with Crippen molar-refractivity contribution < 1.29 is 9.53 Å². The van der Waals surface area contributed by atoms with E-state index < -0.39 is 0 Å². The highest BCUT2D eigenvalue weighted by Gasteiger charge is 2.14. The largest absolute Gasteiger partial charge is 0.456 e. The average molecular weight is 259 g/mol. The van der Waals surface area contributed by atoms with Crippen LogP contribution in [0.15, 0.2) is 35.7 Å². The summed E-state index contributed by atoms with van der Waals surface area (Å²) in [5.41, 5.74) is 3.10. The number of hydrogen-bond acceptors (Lipinski definition) is 4. The molecule has 0 atom stereocenters. The fourth-order valence-corrected chi connectivity index (χ4v) is 2.65.